The lowest BCUT2D eigenvalue weighted by atomic mass is 10.00. The molecule has 92 valence electrons. The summed E-state index contributed by atoms with van der Waals surface area (Å²) in [5.41, 5.74) is 1.26. The second-order valence-corrected chi connectivity index (χ2v) is 4.76. The molecule has 1 heterocycles. The van der Waals surface area contributed by atoms with Gasteiger partial charge in [-0.2, -0.15) is 0 Å². The van der Waals surface area contributed by atoms with Crippen LogP contribution in [0.2, 0.25) is 0 Å². The van der Waals surface area contributed by atoms with E-state index < -0.39 is 0 Å². The fraction of sp³-hybridized carbons (Fsp3) is 0.571. The summed E-state index contributed by atoms with van der Waals surface area (Å²) in [5.74, 6) is 1.96. The van der Waals surface area contributed by atoms with Gasteiger partial charge < -0.3 is 14.8 Å². The number of ether oxygens (including phenoxy) is 2. The fourth-order valence-corrected chi connectivity index (χ4v) is 2.34. The zero-order chi connectivity index (χ0) is 11.7. The molecule has 17 heavy (non-hydrogen) atoms. The molecular formula is C14H19NO2. The molecule has 2 aliphatic rings. The maximum atomic E-state index is 5.69. The topological polar surface area (TPSA) is 30.5 Å². The molecule has 3 heteroatoms. The van der Waals surface area contributed by atoms with Gasteiger partial charge in [-0.05, 0) is 38.0 Å². The minimum absolute atomic E-state index is 0.437. The normalized spacial score (nSPS) is 22.8. The van der Waals surface area contributed by atoms with Gasteiger partial charge in [0.1, 0.15) is 11.5 Å². The number of hydrogen-bond acceptors (Lipinski definition) is 3. The third-order valence-corrected chi connectivity index (χ3v) is 3.35. The SMILES string of the molecule is CCOc1ccc2c(c1)C(NC1CC1)CCO2. The Morgan fingerprint density at radius 1 is 1.35 bits per heavy atom. The van der Waals surface area contributed by atoms with Crippen LogP contribution in [0.4, 0.5) is 0 Å². The van der Waals surface area contributed by atoms with E-state index >= 15 is 0 Å². The van der Waals surface area contributed by atoms with Crippen LogP contribution >= 0.6 is 0 Å². The highest BCUT2D eigenvalue weighted by atomic mass is 16.5. The summed E-state index contributed by atoms with van der Waals surface area (Å²) in [5, 5.41) is 3.68. The molecule has 1 saturated carbocycles. The van der Waals surface area contributed by atoms with Crippen molar-refractivity contribution in [3.05, 3.63) is 23.8 Å². The van der Waals surface area contributed by atoms with Gasteiger partial charge >= 0.3 is 0 Å². The molecule has 0 amide bonds. The van der Waals surface area contributed by atoms with E-state index in [1.807, 2.05) is 19.1 Å². The van der Waals surface area contributed by atoms with E-state index in [2.05, 4.69) is 11.4 Å². The van der Waals surface area contributed by atoms with E-state index in [0.717, 1.165) is 30.6 Å². The average molecular weight is 233 g/mol. The van der Waals surface area contributed by atoms with Crippen LogP contribution in [0.1, 0.15) is 37.8 Å². The lowest BCUT2D eigenvalue weighted by Crippen LogP contribution is -2.28. The fourth-order valence-electron chi connectivity index (χ4n) is 2.34. The van der Waals surface area contributed by atoms with Crippen LogP contribution in [-0.2, 0) is 0 Å². The van der Waals surface area contributed by atoms with Crippen molar-refractivity contribution in [3.8, 4) is 11.5 Å². The van der Waals surface area contributed by atoms with E-state index in [4.69, 9.17) is 9.47 Å². The third-order valence-electron chi connectivity index (χ3n) is 3.35. The van der Waals surface area contributed by atoms with Crippen LogP contribution < -0.4 is 14.8 Å². The minimum atomic E-state index is 0.437. The monoisotopic (exact) mass is 233 g/mol. The predicted octanol–water partition coefficient (Wildman–Crippen LogP) is 2.66. The van der Waals surface area contributed by atoms with Crippen molar-refractivity contribution in [2.24, 2.45) is 0 Å². The van der Waals surface area contributed by atoms with Gasteiger partial charge in [-0.15, -0.1) is 0 Å². The zero-order valence-electron chi connectivity index (χ0n) is 10.2. The molecule has 1 aromatic carbocycles. The Balaban J connectivity index is 1.84. The Morgan fingerprint density at radius 3 is 3.00 bits per heavy atom. The Morgan fingerprint density at radius 2 is 2.24 bits per heavy atom. The van der Waals surface area contributed by atoms with Crippen LogP contribution in [0.5, 0.6) is 11.5 Å². The number of rotatable bonds is 4. The molecule has 1 atom stereocenters. The second kappa shape index (κ2) is 4.57. The standard InChI is InChI=1S/C14H19NO2/c1-2-16-11-5-6-14-12(9-11)13(7-8-17-14)15-10-3-4-10/h5-6,9-10,13,15H,2-4,7-8H2,1H3. The number of fused-ring (bicyclic) bond motifs is 1. The predicted molar refractivity (Wildman–Crippen MR) is 66.6 cm³/mol. The summed E-state index contributed by atoms with van der Waals surface area (Å²) in [7, 11) is 0. The molecule has 3 rings (SSSR count). The van der Waals surface area contributed by atoms with Crippen molar-refractivity contribution in [3.63, 3.8) is 0 Å². The molecule has 0 saturated heterocycles. The Hall–Kier alpha value is -1.22. The van der Waals surface area contributed by atoms with Gasteiger partial charge in [0.2, 0.25) is 0 Å². The van der Waals surface area contributed by atoms with Crippen molar-refractivity contribution in [2.75, 3.05) is 13.2 Å². The highest BCUT2D eigenvalue weighted by Gasteiger charge is 2.29. The van der Waals surface area contributed by atoms with Crippen molar-refractivity contribution >= 4 is 0 Å². The summed E-state index contributed by atoms with van der Waals surface area (Å²) in [6, 6.07) is 7.30. The van der Waals surface area contributed by atoms with Gasteiger partial charge in [-0.3, -0.25) is 0 Å². The summed E-state index contributed by atoms with van der Waals surface area (Å²) in [4.78, 5) is 0. The lowest BCUT2D eigenvalue weighted by molar-refractivity contribution is 0.250. The second-order valence-electron chi connectivity index (χ2n) is 4.76. The first kappa shape index (κ1) is 10.9. The Kier molecular flexibility index (Phi) is 2.93. The molecule has 1 fully saturated rings. The molecule has 0 aromatic heterocycles. The van der Waals surface area contributed by atoms with E-state index in [1.165, 1.54) is 18.4 Å². The molecule has 0 radical (unpaired) electrons. The van der Waals surface area contributed by atoms with Gasteiger partial charge in [0, 0.05) is 24.1 Å². The summed E-state index contributed by atoms with van der Waals surface area (Å²) in [6.07, 6.45) is 3.69. The largest absolute Gasteiger partial charge is 0.494 e. The summed E-state index contributed by atoms with van der Waals surface area (Å²) in [6.45, 7) is 3.53. The van der Waals surface area contributed by atoms with Gasteiger partial charge in [0.25, 0.3) is 0 Å². The van der Waals surface area contributed by atoms with Crippen molar-refractivity contribution in [1.82, 2.24) is 5.32 Å². The average Bonchev–Trinajstić information content (AvgIpc) is 3.14. The van der Waals surface area contributed by atoms with Crippen LogP contribution in [0.15, 0.2) is 18.2 Å². The first-order valence-electron chi connectivity index (χ1n) is 6.52. The first-order valence-corrected chi connectivity index (χ1v) is 6.52. The van der Waals surface area contributed by atoms with Crippen LogP contribution in [-0.4, -0.2) is 19.3 Å². The van der Waals surface area contributed by atoms with E-state index in [0.29, 0.717) is 12.6 Å². The molecule has 3 nitrogen and oxygen atoms in total. The summed E-state index contributed by atoms with van der Waals surface area (Å²) < 4.78 is 11.3. The minimum Gasteiger partial charge on any atom is -0.494 e. The maximum Gasteiger partial charge on any atom is 0.124 e. The maximum absolute atomic E-state index is 5.69. The van der Waals surface area contributed by atoms with Gasteiger partial charge in [0.15, 0.2) is 0 Å². The zero-order valence-corrected chi connectivity index (χ0v) is 10.2. The van der Waals surface area contributed by atoms with E-state index in [9.17, 15) is 0 Å². The van der Waals surface area contributed by atoms with Crippen LogP contribution in [0, 0.1) is 0 Å². The van der Waals surface area contributed by atoms with Crippen LogP contribution in [0.3, 0.4) is 0 Å². The lowest BCUT2D eigenvalue weighted by Gasteiger charge is -2.27. The molecule has 0 spiro atoms. The Bertz CT molecular complexity index is 401. The molecule has 1 N–H and O–H groups in total. The van der Waals surface area contributed by atoms with Crippen molar-refractivity contribution in [1.29, 1.82) is 0 Å². The molecule has 1 unspecified atom stereocenters. The molecule has 1 aromatic rings. The van der Waals surface area contributed by atoms with Gasteiger partial charge in [-0.25, -0.2) is 0 Å². The molecular weight excluding hydrogens is 214 g/mol. The van der Waals surface area contributed by atoms with E-state index in [1.54, 1.807) is 0 Å². The van der Waals surface area contributed by atoms with Gasteiger partial charge in [0.05, 0.1) is 13.2 Å². The van der Waals surface area contributed by atoms with Crippen LogP contribution in [0.25, 0.3) is 0 Å². The number of nitrogens with one attached hydrogen (secondary N) is 1. The molecule has 1 aliphatic carbocycles. The van der Waals surface area contributed by atoms with Crippen molar-refractivity contribution < 1.29 is 9.47 Å². The highest BCUT2D eigenvalue weighted by molar-refractivity contribution is 5.43. The highest BCUT2D eigenvalue weighted by Crippen LogP contribution is 2.36. The first-order chi connectivity index (χ1) is 8.36. The molecule has 0 bridgehead atoms. The number of benzene rings is 1. The van der Waals surface area contributed by atoms with Gasteiger partial charge in [-0.1, -0.05) is 0 Å². The van der Waals surface area contributed by atoms with E-state index in [-0.39, 0.29) is 0 Å². The Labute approximate surface area is 102 Å². The number of hydrogen-bond donors (Lipinski definition) is 1. The third kappa shape index (κ3) is 2.39. The molecule has 1 aliphatic heterocycles. The smallest absolute Gasteiger partial charge is 0.124 e. The van der Waals surface area contributed by atoms with Crippen molar-refractivity contribution in [2.45, 2.75) is 38.3 Å². The quantitative estimate of drug-likeness (QED) is 0.867. The summed E-state index contributed by atoms with van der Waals surface area (Å²) >= 11 is 0.